The molecular formula is C20H32N4O3. The van der Waals surface area contributed by atoms with E-state index in [4.69, 9.17) is 0 Å². The molecule has 1 heterocycles. The summed E-state index contributed by atoms with van der Waals surface area (Å²) < 4.78 is 0. The van der Waals surface area contributed by atoms with Crippen molar-refractivity contribution in [3.8, 4) is 0 Å². The first-order valence-electron chi connectivity index (χ1n) is 9.54. The summed E-state index contributed by atoms with van der Waals surface area (Å²) in [5.41, 5.74) is 1.62. The molecule has 150 valence electrons. The average Bonchev–Trinajstić information content (AvgIpc) is 2.60. The molecule has 0 aliphatic carbocycles. The molecule has 3 amide bonds. The fraction of sp³-hybridized carbons (Fsp3) is 0.600. The zero-order valence-corrected chi connectivity index (χ0v) is 16.5. The molecule has 1 aromatic carbocycles. The van der Waals surface area contributed by atoms with Gasteiger partial charge in [-0.25, -0.2) is 4.79 Å². The number of carbonyl (C=O) groups is 2. The Labute approximate surface area is 161 Å². The standard InChI is InChI=1S/C20H32N4O3/c1-20(2,3)23-19(27)22-18(26)12-21-17-7-5-4-6-16(17)13-24-10-8-15(14-25)9-11-24/h4-7,15,21,25H,8-14H2,1-3H3,(H2,22,23,26,27). The maximum Gasteiger partial charge on any atom is 0.321 e. The van der Waals surface area contributed by atoms with Crippen molar-refractivity contribution in [1.29, 1.82) is 0 Å². The lowest BCUT2D eigenvalue weighted by molar-refractivity contribution is -0.118. The van der Waals surface area contributed by atoms with Crippen molar-refractivity contribution in [3.05, 3.63) is 29.8 Å². The van der Waals surface area contributed by atoms with Gasteiger partial charge >= 0.3 is 6.03 Å². The van der Waals surface area contributed by atoms with E-state index in [9.17, 15) is 14.7 Å². The van der Waals surface area contributed by atoms with Crippen molar-refractivity contribution in [1.82, 2.24) is 15.5 Å². The van der Waals surface area contributed by atoms with Gasteiger partial charge in [-0.2, -0.15) is 0 Å². The first-order chi connectivity index (χ1) is 12.8. The summed E-state index contributed by atoms with van der Waals surface area (Å²) in [6.45, 7) is 8.59. The van der Waals surface area contributed by atoms with Gasteiger partial charge in [-0.05, 0) is 64.3 Å². The molecule has 1 aliphatic rings. The van der Waals surface area contributed by atoms with E-state index < -0.39 is 11.6 Å². The van der Waals surface area contributed by atoms with Gasteiger partial charge in [0.2, 0.25) is 5.91 Å². The maximum absolute atomic E-state index is 12.0. The molecule has 1 fully saturated rings. The number of urea groups is 1. The fourth-order valence-electron chi connectivity index (χ4n) is 3.12. The van der Waals surface area contributed by atoms with Crippen LogP contribution in [0, 0.1) is 5.92 Å². The molecule has 0 spiro atoms. The summed E-state index contributed by atoms with van der Waals surface area (Å²) in [5, 5.41) is 17.4. The van der Waals surface area contributed by atoms with Gasteiger partial charge in [0, 0.05) is 24.4 Å². The summed E-state index contributed by atoms with van der Waals surface area (Å²) in [7, 11) is 0. The SMILES string of the molecule is CC(C)(C)NC(=O)NC(=O)CNc1ccccc1CN1CCC(CO)CC1. The highest BCUT2D eigenvalue weighted by Crippen LogP contribution is 2.22. The Kier molecular flexibility index (Phi) is 7.62. The summed E-state index contributed by atoms with van der Waals surface area (Å²) in [6, 6.07) is 7.41. The average molecular weight is 377 g/mol. The number of carbonyl (C=O) groups excluding carboxylic acids is 2. The highest BCUT2D eigenvalue weighted by Gasteiger charge is 2.19. The number of anilines is 1. The van der Waals surface area contributed by atoms with E-state index in [1.54, 1.807) is 0 Å². The number of nitrogens with zero attached hydrogens (tertiary/aromatic N) is 1. The summed E-state index contributed by atoms with van der Waals surface area (Å²) in [4.78, 5) is 26.1. The lowest BCUT2D eigenvalue weighted by Gasteiger charge is -2.31. The Morgan fingerprint density at radius 2 is 1.85 bits per heavy atom. The highest BCUT2D eigenvalue weighted by molar-refractivity contribution is 5.96. The molecule has 0 unspecified atom stereocenters. The molecule has 0 saturated carbocycles. The number of hydrogen-bond donors (Lipinski definition) is 4. The normalized spacial score (nSPS) is 16.0. The number of imide groups is 1. The third-order valence-corrected chi connectivity index (χ3v) is 4.56. The largest absolute Gasteiger partial charge is 0.396 e. The predicted octanol–water partition coefficient (Wildman–Crippen LogP) is 1.93. The molecule has 0 atom stereocenters. The van der Waals surface area contributed by atoms with Gasteiger partial charge in [-0.1, -0.05) is 18.2 Å². The molecule has 4 N–H and O–H groups in total. The Morgan fingerprint density at radius 3 is 2.48 bits per heavy atom. The van der Waals surface area contributed by atoms with E-state index in [2.05, 4.69) is 20.9 Å². The van der Waals surface area contributed by atoms with Gasteiger partial charge in [0.05, 0.1) is 6.54 Å². The van der Waals surface area contributed by atoms with Crippen LogP contribution in [0.1, 0.15) is 39.2 Å². The van der Waals surface area contributed by atoms with Gasteiger partial charge in [0.25, 0.3) is 0 Å². The lowest BCUT2D eigenvalue weighted by Crippen LogP contribution is -2.49. The van der Waals surface area contributed by atoms with Gasteiger partial charge in [-0.3, -0.25) is 15.0 Å². The molecule has 7 heteroatoms. The molecule has 0 aromatic heterocycles. The fourth-order valence-corrected chi connectivity index (χ4v) is 3.12. The summed E-state index contributed by atoms with van der Waals surface area (Å²) in [6.07, 6.45) is 2.02. The first kappa shape index (κ1) is 21.2. The maximum atomic E-state index is 12.0. The number of amides is 3. The highest BCUT2D eigenvalue weighted by atomic mass is 16.3. The van der Waals surface area contributed by atoms with Crippen LogP contribution in [0.2, 0.25) is 0 Å². The number of nitrogens with one attached hydrogen (secondary N) is 3. The lowest BCUT2D eigenvalue weighted by atomic mass is 9.97. The Bertz CT molecular complexity index is 634. The van der Waals surface area contributed by atoms with Gasteiger partial charge in [0.1, 0.15) is 0 Å². The van der Waals surface area contributed by atoms with Crippen LogP contribution in [0.5, 0.6) is 0 Å². The molecule has 1 aromatic rings. The zero-order chi connectivity index (χ0) is 19.9. The number of benzene rings is 1. The quantitative estimate of drug-likeness (QED) is 0.609. The van der Waals surface area contributed by atoms with Crippen LogP contribution in [0.3, 0.4) is 0 Å². The van der Waals surface area contributed by atoms with Crippen molar-refractivity contribution in [2.75, 3.05) is 31.6 Å². The number of aliphatic hydroxyl groups excluding tert-OH is 1. The van der Waals surface area contributed by atoms with Crippen molar-refractivity contribution in [3.63, 3.8) is 0 Å². The molecule has 1 aliphatic heterocycles. The van der Waals surface area contributed by atoms with Crippen molar-refractivity contribution < 1.29 is 14.7 Å². The second-order valence-corrected chi connectivity index (χ2v) is 8.17. The number of likely N-dealkylation sites (tertiary alicyclic amines) is 1. The molecule has 1 saturated heterocycles. The molecule has 0 bridgehead atoms. The summed E-state index contributed by atoms with van der Waals surface area (Å²) in [5.74, 6) is 0.0351. The monoisotopic (exact) mass is 376 g/mol. The van der Waals surface area contributed by atoms with Crippen LogP contribution in [0.4, 0.5) is 10.5 Å². The first-order valence-corrected chi connectivity index (χ1v) is 9.54. The van der Waals surface area contributed by atoms with Crippen molar-refractivity contribution in [2.45, 2.75) is 45.7 Å². The van der Waals surface area contributed by atoms with Gasteiger partial charge in [-0.15, -0.1) is 0 Å². The van der Waals surface area contributed by atoms with Crippen LogP contribution >= 0.6 is 0 Å². The molecular weight excluding hydrogens is 344 g/mol. The van der Waals surface area contributed by atoms with E-state index in [-0.39, 0.29) is 19.1 Å². The zero-order valence-electron chi connectivity index (χ0n) is 16.5. The number of hydrogen-bond acceptors (Lipinski definition) is 5. The van der Waals surface area contributed by atoms with Crippen LogP contribution in [0.15, 0.2) is 24.3 Å². The number of aliphatic hydroxyl groups is 1. The second kappa shape index (κ2) is 9.71. The third-order valence-electron chi connectivity index (χ3n) is 4.56. The van der Waals surface area contributed by atoms with Crippen LogP contribution in [0.25, 0.3) is 0 Å². The smallest absolute Gasteiger partial charge is 0.321 e. The van der Waals surface area contributed by atoms with E-state index in [0.717, 1.165) is 43.7 Å². The van der Waals surface area contributed by atoms with Gasteiger partial charge in [0.15, 0.2) is 0 Å². The van der Waals surface area contributed by atoms with Crippen LogP contribution < -0.4 is 16.0 Å². The number of piperidine rings is 1. The van der Waals surface area contributed by atoms with E-state index >= 15 is 0 Å². The number of rotatable bonds is 6. The third kappa shape index (κ3) is 7.56. The minimum Gasteiger partial charge on any atom is -0.396 e. The van der Waals surface area contributed by atoms with E-state index in [0.29, 0.717) is 5.92 Å². The topological polar surface area (TPSA) is 93.7 Å². The number of para-hydroxylation sites is 1. The van der Waals surface area contributed by atoms with Gasteiger partial charge < -0.3 is 15.7 Å². The minimum absolute atomic E-state index is 0.0289. The summed E-state index contributed by atoms with van der Waals surface area (Å²) >= 11 is 0. The Morgan fingerprint density at radius 1 is 1.19 bits per heavy atom. The second-order valence-electron chi connectivity index (χ2n) is 8.17. The van der Waals surface area contributed by atoms with Crippen LogP contribution in [-0.4, -0.2) is 53.7 Å². The molecule has 2 rings (SSSR count). The molecule has 27 heavy (non-hydrogen) atoms. The Hall–Kier alpha value is -2.12. The van der Waals surface area contributed by atoms with E-state index in [1.165, 1.54) is 0 Å². The molecule has 0 radical (unpaired) electrons. The predicted molar refractivity (Wildman–Crippen MR) is 106 cm³/mol. The molecule has 7 nitrogen and oxygen atoms in total. The Balaban J connectivity index is 1.85. The van der Waals surface area contributed by atoms with E-state index in [1.807, 2.05) is 45.0 Å². The van der Waals surface area contributed by atoms with Crippen molar-refractivity contribution in [2.24, 2.45) is 5.92 Å². The van der Waals surface area contributed by atoms with Crippen molar-refractivity contribution >= 4 is 17.6 Å². The van der Waals surface area contributed by atoms with Crippen LogP contribution in [-0.2, 0) is 11.3 Å². The minimum atomic E-state index is -0.491.